The third-order valence-corrected chi connectivity index (χ3v) is 15.7. The fraction of sp³-hybridized carbons (Fsp3) is 0.544. The maximum atomic E-state index is 14.3. The number of amides is 2. The molecule has 9 nitrogen and oxygen atoms in total. The molecule has 0 heterocycles. The first-order chi connectivity index (χ1) is 32.3. The quantitative estimate of drug-likeness (QED) is 0.132. The van der Waals surface area contributed by atoms with Crippen molar-refractivity contribution in [3.63, 3.8) is 0 Å². The molecule has 9 heteroatoms. The fourth-order valence-electron chi connectivity index (χ4n) is 13.0. The molecule has 66 heavy (non-hydrogen) atoms. The minimum absolute atomic E-state index is 0.0104. The predicted molar refractivity (Wildman–Crippen MR) is 262 cm³/mol. The molecule has 6 aliphatic carbocycles. The Balaban J connectivity index is 0.000000175. The molecule has 0 unspecified atom stereocenters. The summed E-state index contributed by atoms with van der Waals surface area (Å²) in [7, 11) is 3.18. The summed E-state index contributed by atoms with van der Waals surface area (Å²) in [5.74, 6) is 0.497. The molecule has 0 aliphatic heterocycles. The zero-order valence-electron chi connectivity index (χ0n) is 39.8. The van der Waals surface area contributed by atoms with Gasteiger partial charge in [-0.15, -0.1) is 0 Å². The molecule has 3 N–H and O–H groups in total. The Morgan fingerprint density at radius 3 is 1.09 bits per heavy atom. The molecular formula is C57H74N2O7. The summed E-state index contributed by atoms with van der Waals surface area (Å²) in [6.45, 7) is 1.93. The number of fused-ring (bicyclic) bond motifs is 10. The zero-order chi connectivity index (χ0) is 46.2. The molecule has 0 bridgehead atoms. The van der Waals surface area contributed by atoms with Crippen molar-refractivity contribution < 1.29 is 34.4 Å². The number of phenolic OH excluding ortho intramolecular Hbond substituents is 2. The number of phenols is 2. The van der Waals surface area contributed by atoms with E-state index in [-0.39, 0.29) is 54.1 Å². The normalized spacial score (nSPS) is 20.0. The third-order valence-electron chi connectivity index (χ3n) is 15.7. The number of benzene rings is 4. The molecule has 6 aliphatic rings. The minimum atomic E-state index is -0.874. The lowest BCUT2D eigenvalue weighted by molar-refractivity contribution is -0.171. The molecule has 4 aromatic carbocycles. The molecular weight excluding hydrogens is 825 g/mol. The predicted octanol–water partition coefficient (Wildman–Crippen LogP) is 11.4. The highest BCUT2D eigenvalue weighted by Crippen LogP contribution is 2.66. The highest BCUT2D eigenvalue weighted by molar-refractivity contribution is 5.97. The lowest BCUT2D eigenvalue weighted by Gasteiger charge is -2.45. The van der Waals surface area contributed by atoms with Crippen molar-refractivity contribution in [1.29, 1.82) is 0 Å². The van der Waals surface area contributed by atoms with E-state index >= 15 is 0 Å². The molecule has 4 fully saturated rings. The summed E-state index contributed by atoms with van der Waals surface area (Å²) in [5.41, 5.74) is 7.49. The van der Waals surface area contributed by atoms with Gasteiger partial charge in [0.2, 0.25) is 0 Å². The number of ether oxygens (including phenoxy) is 2. The first kappa shape index (κ1) is 47.8. The number of aliphatic hydroxyl groups excluding tert-OH is 1. The minimum Gasteiger partial charge on any atom is -0.508 e. The SMILES string of the molecule is CCO.CO[C@@H](C(=O)N(C1CCCCC1)C1CCCCC1)[C@@H](OC)C(=O)N(C1CCCCC1)C1CCCCC1.Oc1cccc2c1C1(c3ccccc3-2)c2ccccc2-c2cccc(O)c21. The number of hydrogen-bond donors (Lipinski definition) is 3. The standard InChI is InChI=1S/C30H52N2O4.C25H16O2.C2H6O/c1-35-27(29(33)31(23-15-7-3-8-16-23)24-17-9-4-10-18-24)28(36-2)30(34)32(25-19-11-5-12-20-25)26-21-13-6-14-22-26;26-21-13-5-9-17-15-7-1-3-11-19(15)25(23(17)21)20-12-4-2-8-16(20)18-10-6-14-22(27)24(18)25;1-2-3/h23-28H,3-22H2,1-2H3;1-14,26-27H;3H,2H2,1H3/t27-,28-;;/m1../s1. The summed E-state index contributed by atoms with van der Waals surface area (Å²) >= 11 is 0. The fourth-order valence-corrected chi connectivity index (χ4v) is 13.0. The van der Waals surface area contributed by atoms with Crippen molar-refractivity contribution >= 4 is 11.8 Å². The number of aromatic hydroxyl groups is 2. The van der Waals surface area contributed by atoms with Gasteiger partial charge in [-0.2, -0.15) is 0 Å². The van der Waals surface area contributed by atoms with Crippen molar-refractivity contribution in [2.24, 2.45) is 0 Å². The number of methoxy groups -OCH3 is 2. The van der Waals surface area contributed by atoms with Crippen LogP contribution in [0.4, 0.5) is 0 Å². The first-order valence-electron chi connectivity index (χ1n) is 25.5. The Morgan fingerprint density at radius 1 is 0.500 bits per heavy atom. The van der Waals surface area contributed by atoms with Crippen molar-refractivity contribution in [3.8, 4) is 33.8 Å². The van der Waals surface area contributed by atoms with Crippen LogP contribution >= 0.6 is 0 Å². The van der Waals surface area contributed by atoms with Gasteiger partial charge in [0.15, 0.2) is 12.2 Å². The highest BCUT2D eigenvalue weighted by atomic mass is 16.5. The van der Waals surface area contributed by atoms with Crippen LogP contribution in [0.3, 0.4) is 0 Å². The van der Waals surface area contributed by atoms with Crippen LogP contribution in [0.25, 0.3) is 22.3 Å². The van der Waals surface area contributed by atoms with Gasteiger partial charge in [0, 0.05) is 56.1 Å². The average Bonchev–Trinajstić information content (AvgIpc) is 3.83. The topological polar surface area (TPSA) is 120 Å². The van der Waals surface area contributed by atoms with Crippen LogP contribution < -0.4 is 0 Å². The lowest BCUT2D eigenvalue weighted by atomic mass is 9.70. The summed E-state index contributed by atoms with van der Waals surface area (Å²) in [4.78, 5) is 33.0. The van der Waals surface area contributed by atoms with E-state index in [4.69, 9.17) is 14.6 Å². The second-order valence-electron chi connectivity index (χ2n) is 19.5. The molecule has 10 rings (SSSR count). The van der Waals surface area contributed by atoms with Crippen molar-refractivity contribution in [3.05, 3.63) is 107 Å². The van der Waals surface area contributed by atoms with Crippen LogP contribution in [0.15, 0.2) is 84.9 Å². The van der Waals surface area contributed by atoms with Gasteiger partial charge in [-0.25, -0.2) is 0 Å². The van der Waals surface area contributed by atoms with Crippen molar-refractivity contribution in [2.45, 2.75) is 177 Å². The van der Waals surface area contributed by atoms with E-state index in [0.717, 1.165) is 95.9 Å². The lowest BCUT2D eigenvalue weighted by Crippen LogP contribution is -2.60. The molecule has 354 valence electrons. The molecule has 0 saturated heterocycles. The number of hydrogen-bond acceptors (Lipinski definition) is 7. The Hall–Kier alpha value is -4.70. The Bertz CT molecular complexity index is 2060. The maximum Gasteiger partial charge on any atom is 0.255 e. The van der Waals surface area contributed by atoms with Gasteiger partial charge in [0.05, 0.1) is 5.41 Å². The molecule has 4 aromatic rings. The van der Waals surface area contributed by atoms with Crippen LogP contribution in [0.5, 0.6) is 11.5 Å². The number of carbonyl (C=O) groups excluding carboxylic acids is 2. The van der Waals surface area contributed by atoms with Gasteiger partial charge in [0.25, 0.3) is 11.8 Å². The smallest absolute Gasteiger partial charge is 0.255 e. The van der Waals surface area contributed by atoms with Crippen LogP contribution in [0.1, 0.15) is 158 Å². The number of nitrogens with zero attached hydrogens (tertiary/aromatic N) is 2. The van der Waals surface area contributed by atoms with Crippen LogP contribution in [-0.2, 0) is 24.5 Å². The Kier molecular flexibility index (Phi) is 15.9. The number of carbonyl (C=O) groups is 2. The largest absolute Gasteiger partial charge is 0.508 e. The maximum absolute atomic E-state index is 14.3. The van der Waals surface area contributed by atoms with E-state index in [2.05, 4.69) is 46.2 Å². The van der Waals surface area contributed by atoms with Crippen molar-refractivity contribution in [1.82, 2.24) is 9.80 Å². The molecule has 2 amide bonds. The summed E-state index contributed by atoms with van der Waals surface area (Å²) in [5, 5.41) is 29.5. The Morgan fingerprint density at radius 2 is 0.788 bits per heavy atom. The van der Waals surface area contributed by atoms with Crippen LogP contribution in [0, 0.1) is 0 Å². The van der Waals surface area contributed by atoms with Gasteiger partial charge >= 0.3 is 0 Å². The molecule has 1 spiro atoms. The monoisotopic (exact) mass is 899 g/mol. The molecule has 4 saturated carbocycles. The molecule has 2 atom stereocenters. The molecule has 0 aromatic heterocycles. The first-order valence-corrected chi connectivity index (χ1v) is 25.5. The van der Waals surface area contributed by atoms with E-state index in [1.165, 1.54) is 77.0 Å². The van der Waals surface area contributed by atoms with E-state index in [1.807, 2.05) is 36.4 Å². The van der Waals surface area contributed by atoms with Gasteiger partial charge in [-0.3, -0.25) is 9.59 Å². The van der Waals surface area contributed by atoms with E-state index < -0.39 is 17.6 Å². The second-order valence-corrected chi connectivity index (χ2v) is 19.5. The number of aliphatic hydroxyl groups is 1. The van der Waals surface area contributed by atoms with Gasteiger partial charge in [-0.1, -0.05) is 150 Å². The number of rotatable bonds is 9. The summed E-state index contributed by atoms with van der Waals surface area (Å²) in [6.07, 6.45) is 21.3. The average molecular weight is 899 g/mol. The van der Waals surface area contributed by atoms with E-state index in [9.17, 15) is 19.8 Å². The second kappa shape index (κ2) is 21.9. The van der Waals surface area contributed by atoms with Gasteiger partial charge < -0.3 is 34.6 Å². The van der Waals surface area contributed by atoms with E-state index in [0.29, 0.717) is 0 Å². The summed E-state index contributed by atoms with van der Waals surface area (Å²) < 4.78 is 11.8. The van der Waals surface area contributed by atoms with Crippen LogP contribution in [-0.4, -0.2) is 94.1 Å². The van der Waals surface area contributed by atoms with Crippen molar-refractivity contribution in [2.75, 3.05) is 20.8 Å². The van der Waals surface area contributed by atoms with E-state index in [1.54, 1.807) is 33.3 Å². The highest BCUT2D eigenvalue weighted by Gasteiger charge is 2.54. The summed E-state index contributed by atoms with van der Waals surface area (Å²) in [6, 6.07) is 29.0. The third kappa shape index (κ3) is 9.04. The van der Waals surface area contributed by atoms with Gasteiger partial charge in [0.1, 0.15) is 11.5 Å². The molecule has 0 radical (unpaired) electrons. The zero-order valence-corrected chi connectivity index (χ0v) is 39.8. The van der Waals surface area contributed by atoms with Crippen LogP contribution in [0.2, 0.25) is 0 Å². The Labute approximate surface area is 393 Å². The van der Waals surface area contributed by atoms with Gasteiger partial charge in [-0.05, 0) is 104 Å².